The van der Waals surface area contributed by atoms with Gasteiger partial charge in [0, 0.05) is 17.7 Å². The van der Waals surface area contributed by atoms with Crippen LogP contribution in [0.25, 0.3) is 22.1 Å². The van der Waals surface area contributed by atoms with Crippen LogP contribution in [-0.2, 0) is 0 Å². The second-order valence-corrected chi connectivity index (χ2v) is 6.67. The van der Waals surface area contributed by atoms with Gasteiger partial charge in [0.1, 0.15) is 0 Å². The Morgan fingerprint density at radius 1 is 1.32 bits per heavy atom. The predicted molar refractivity (Wildman–Crippen MR) is 95.4 cm³/mol. The summed E-state index contributed by atoms with van der Waals surface area (Å²) in [5.41, 5.74) is 0.935. The Hall–Kier alpha value is -2.97. The number of fused-ring (bicyclic) bond motifs is 3. The van der Waals surface area contributed by atoms with Gasteiger partial charge < -0.3 is 5.11 Å². The number of aromatic nitrogens is 2. The molecule has 0 radical (unpaired) electrons. The summed E-state index contributed by atoms with van der Waals surface area (Å²) < 4.78 is 1.84. The van der Waals surface area contributed by atoms with Crippen molar-refractivity contribution in [3.05, 3.63) is 72.0 Å². The van der Waals surface area contributed by atoms with Gasteiger partial charge in [0.2, 0.25) is 0 Å². The summed E-state index contributed by atoms with van der Waals surface area (Å²) in [6.45, 7) is 0. The molecule has 2 heterocycles. The van der Waals surface area contributed by atoms with Crippen LogP contribution in [0.2, 0.25) is 5.02 Å². The lowest BCUT2D eigenvalue weighted by atomic mass is 10.2. The lowest BCUT2D eigenvalue weighted by molar-refractivity contribution is -0.385. The number of benzene rings is 2. The zero-order chi connectivity index (χ0) is 17.7. The highest BCUT2D eigenvalue weighted by Gasteiger charge is 2.17. The molecule has 124 valence electrons. The van der Waals surface area contributed by atoms with E-state index in [-0.39, 0.29) is 16.1 Å². The molecule has 7 nitrogen and oxygen atoms in total. The van der Waals surface area contributed by atoms with E-state index in [4.69, 9.17) is 11.6 Å². The Balaban J connectivity index is 1.99. The van der Waals surface area contributed by atoms with Gasteiger partial charge in [-0.3, -0.25) is 14.9 Å². The number of rotatable bonds is 2. The Morgan fingerprint density at radius 3 is 2.84 bits per heavy atom. The normalized spacial score (nSPS) is 12.3. The first-order valence-electron chi connectivity index (χ1n) is 7.04. The molecule has 0 aliphatic carbocycles. The molecule has 0 atom stereocenters. The molecule has 25 heavy (non-hydrogen) atoms. The smallest absolute Gasteiger partial charge is 0.311 e. The van der Waals surface area contributed by atoms with Crippen molar-refractivity contribution < 1.29 is 10.0 Å². The number of halogens is 1. The maximum atomic E-state index is 12.7. The summed E-state index contributed by atoms with van der Waals surface area (Å²) in [7, 11) is 0. The molecule has 2 aromatic heterocycles. The second kappa shape index (κ2) is 5.54. The van der Waals surface area contributed by atoms with Gasteiger partial charge in [-0.15, -0.1) is 0 Å². The van der Waals surface area contributed by atoms with Gasteiger partial charge >= 0.3 is 5.69 Å². The first-order valence-corrected chi connectivity index (χ1v) is 8.24. The van der Waals surface area contributed by atoms with Crippen molar-refractivity contribution >= 4 is 50.7 Å². The zero-order valence-electron chi connectivity index (χ0n) is 12.3. The number of nitrogens with zero attached hydrogens (tertiary/aromatic N) is 3. The van der Waals surface area contributed by atoms with E-state index >= 15 is 0 Å². The SMILES string of the molecule is O=c1c(=Cc2cc([N+](=O)[O-])c(O)cc2Cl)sc2nc3ccccc3n12. The van der Waals surface area contributed by atoms with Crippen LogP contribution in [0.5, 0.6) is 5.75 Å². The van der Waals surface area contributed by atoms with Gasteiger partial charge in [-0.1, -0.05) is 35.1 Å². The summed E-state index contributed by atoms with van der Waals surface area (Å²) in [4.78, 5) is 27.9. The summed E-state index contributed by atoms with van der Waals surface area (Å²) in [5.74, 6) is -0.526. The largest absolute Gasteiger partial charge is 0.502 e. The molecule has 2 aromatic carbocycles. The van der Waals surface area contributed by atoms with Crippen LogP contribution >= 0.6 is 22.9 Å². The molecular formula is C16H8ClN3O4S. The average molecular weight is 374 g/mol. The molecule has 0 unspecified atom stereocenters. The lowest BCUT2D eigenvalue weighted by Gasteiger charge is -2.00. The van der Waals surface area contributed by atoms with Gasteiger partial charge in [-0.05, 0) is 18.2 Å². The predicted octanol–water partition coefficient (Wildman–Crippen LogP) is 2.72. The van der Waals surface area contributed by atoms with Crippen LogP contribution in [0.4, 0.5) is 5.69 Å². The summed E-state index contributed by atoms with van der Waals surface area (Å²) in [6.07, 6.45) is 1.46. The third-order valence-corrected chi connectivity index (χ3v) is 5.02. The molecule has 0 aliphatic rings. The third-order valence-electron chi connectivity index (χ3n) is 3.72. The number of aromatic hydroxyl groups is 1. The summed E-state index contributed by atoms with van der Waals surface area (Å²) >= 11 is 7.21. The molecule has 0 saturated carbocycles. The molecule has 0 fully saturated rings. The summed E-state index contributed by atoms with van der Waals surface area (Å²) in [5, 5.41) is 20.7. The highest BCUT2D eigenvalue weighted by atomic mass is 35.5. The number of thiazole rings is 1. The Kier molecular flexibility index (Phi) is 3.45. The van der Waals surface area contributed by atoms with Crippen LogP contribution in [0.3, 0.4) is 0 Å². The number of phenolic OH excluding ortho intramolecular Hbond substituents is 1. The van der Waals surface area contributed by atoms with E-state index in [1.165, 1.54) is 10.5 Å². The van der Waals surface area contributed by atoms with Gasteiger partial charge in [0.15, 0.2) is 10.7 Å². The quantitative estimate of drug-likeness (QED) is 0.430. The second-order valence-electron chi connectivity index (χ2n) is 5.25. The first kappa shape index (κ1) is 15.6. The molecule has 4 aromatic rings. The molecular weight excluding hydrogens is 366 g/mol. The fourth-order valence-corrected chi connectivity index (χ4v) is 3.77. The van der Waals surface area contributed by atoms with E-state index in [2.05, 4.69) is 4.98 Å². The number of nitro benzene ring substituents is 1. The number of phenols is 1. The zero-order valence-corrected chi connectivity index (χ0v) is 13.9. The van der Waals surface area contributed by atoms with E-state index < -0.39 is 16.4 Å². The van der Waals surface area contributed by atoms with Gasteiger partial charge in [0.25, 0.3) is 5.56 Å². The van der Waals surface area contributed by atoms with Crippen molar-refractivity contribution in [1.29, 1.82) is 0 Å². The van der Waals surface area contributed by atoms with E-state index in [1.54, 1.807) is 6.07 Å². The lowest BCUT2D eigenvalue weighted by Crippen LogP contribution is -2.22. The molecule has 0 amide bonds. The van der Waals surface area contributed by atoms with Crippen molar-refractivity contribution in [2.45, 2.75) is 0 Å². The van der Waals surface area contributed by atoms with Crippen LogP contribution in [0.15, 0.2) is 41.2 Å². The third kappa shape index (κ3) is 2.43. The minimum Gasteiger partial charge on any atom is -0.502 e. The fraction of sp³-hybridized carbons (Fsp3) is 0. The average Bonchev–Trinajstić information content (AvgIpc) is 3.06. The number of hydrogen-bond acceptors (Lipinski definition) is 6. The molecule has 0 spiro atoms. The first-order chi connectivity index (χ1) is 12.0. The highest BCUT2D eigenvalue weighted by molar-refractivity contribution is 7.15. The maximum absolute atomic E-state index is 12.7. The number of para-hydroxylation sites is 2. The van der Waals surface area contributed by atoms with E-state index in [1.807, 2.05) is 18.2 Å². The Labute approximate surface area is 148 Å². The van der Waals surface area contributed by atoms with Crippen LogP contribution < -0.4 is 10.1 Å². The van der Waals surface area contributed by atoms with Crippen LogP contribution in [-0.4, -0.2) is 19.4 Å². The monoisotopic (exact) mass is 373 g/mol. The number of imidazole rings is 1. The van der Waals surface area contributed by atoms with Crippen molar-refractivity contribution in [2.24, 2.45) is 0 Å². The van der Waals surface area contributed by atoms with Crippen LogP contribution in [0.1, 0.15) is 5.56 Å². The minimum atomic E-state index is -0.712. The van der Waals surface area contributed by atoms with E-state index in [9.17, 15) is 20.0 Å². The topological polar surface area (TPSA) is 97.7 Å². The van der Waals surface area contributed by atoms with Crippen LogP contribution in [0, 0.1) is 10.1 Å². The minimum absolute atomic E-state index is 0.110. The molecule has 4 rings (SSSR count). The van der Waals surface area contributed by atoms with Gasteiger partial charge in [-0.25, -0.2) is 9.38 Å². The number of hydrogen-bond donors (Lipinski definition) is 1. The fourth-order valence-electron chi connectivity index (χ4n) is 2.58. The van der Waals surface area contributed by atoms with Crippen molar-refractivity contribution in [2.75, 3.05) is 0 Å². The molecule has 1 N–H and O–H groups in total. The molecule has 0 aliphatic heterocycles. The standard InChI is InChI=1S/C16H8ClN3O4S/c17-9-7-13(21)12(20(23)24)5-8(9)6-14-15(22)19-11-4-2-1-3-10(11)18-16(19)25-14/h1-7,21H. The van der Waals surface area contributed by atoms with E-state index in [0.717, 1.165) is 29.0 Å². The Bertz CT molecular complexity index is 1280. The highest BCUT2D eigenvalue weighted by Crippen LogP contribution is 2.32. The van der Waals surface area contributed by atoms with Gasteiger partial charge in [0.05, 0.1) is 25.5 Å². The van der Waals surface area contributed by atoms with Crippen molar-refractivity contribution in [1.82, 2.24) is 9.38 Å². The van der Waals surface area contributed by atoms with Gasteiger partial charge in [-0.2, -0.15) is 0 Å². The molecule has 0 bridgehead atoms. The maximum Gasteiger partial charge on any atom is 0.311 e. The van der Waals surface area contributed by atoms with Crippen molar-refractivity contribution in [3.8, 4) is 5.75 Å². The molecule has 9 heteroatoms. The van der Waals surface area contributed by atoms with Crippen molar-refractivity contribution in [3.63, 3.8) is 0 Å². The molecule has 0 saturated heterocycles. The van der Waals surface area contributed by atoms with E-state index in [0.29, 0.717) is 15.0 Å². The Morgan fingerprint density at radius 2 is 2.08 bits per heavy atom. The number of nitro groups is 1. The summed E-state index contributed by atoms with van der Waals surface area (Å²) in [6, 6.07) is 9.49.